The summed E-state index contributed by atoms with van der Waals surface area (Å²) in [5.74, 6) is 2.58. The molecule has 0 aromatic heterocycles. The van der Waals surface area contributed by atoms with Crippen LogP contribution in [0.3, 0.4) is 0 Å². The minimum atomic E-state index is 0. The third-order valence-electron chi connectivity index (χ3n) is 0.858. The molecule has 0 N–H and O–H groups in total. The molecule has 0 aromatic carbocycles. The van der Waals surface area contributed by atoms with E-state index in [1.807, 2.05) is 0 Å². The van der Waals surface area contributed by atoms with Crippen LogP contribution in [0.15, 0.2) is 12.2 Å². The topological polar surface area (TPSA) is 0 Å². The van der Waals surface area contributed by atoms with E-state index in [4.69, 9.17) is 6.42 Å². The molecule has 46 valence electrons. The second kappa shape index (κ2) is 11.7. The molecule has 0 unspecified atom stereocenters. The van der Waals surface area contributed by atoms with E-state index in [1.54, 1.807) is 0 Å². The first-order valence-electron chi connectivity index (χ1n) is 3.00. The summed E-state index contributed by atoms with van der Waals surface area (Å²) in [4.78, 5) is 0. The number of unbranched alkanes of at least 4 members (excludes halogenated alkanes) is 1. The van der Waals surface area contributed by atoms with Gasteiger partial charge in [0, 0.05) is 6.42 Å². The van der Waals surface area contributed by atoms with E-state index in [0.717, 1.165) is 19.3 Å². The predicted molar refractivity (Wildman–Crippen MR) is 38.6 cm³/mol. The molecule has 0 aliphatic rings. The molecular weight excluding hydrogens is 135 g/mol. The van der Waals surface area contributed by atoms with Crippen LogP contribution in [0.2, 0.25) is 0 Å². The molecule has 0 heterocycles. The molecule has 0 saturated heterocycles. The smallest absolute Gasteiger partial charge is 1.00 e. The van der Waals surface area contributed by atoms with Crippen molar-refractivity contribution in [1.82, 2.24) is 0 Å². The number of allylic oxidation sites excluding steroid dienone is 2. The summed E-state index contributed by atoms with van der Waals surface area (Å²) >= 11 is 0. The fourth-order valence-electron chi connectivity index (χ4n) is 0.451. The zero-order valence-electron chi connectivity index (χ0n) is 7.35. The first-order chi connectivity index (χ1) is 3.91. The van der Waals surface area contributed by atoms with Crippen molar-refractivity contribution in [2.45, 2.75) is 26.2 Å². The largest absolute Gasteiger partial charge is 1.00 e. The first kappa shape index (κ1) is 12.6. The molecule has 9 heavy (non-hydrogen) atoms. The minimum Gasteiger partial charge on any atom is -1.00 e. The molecule has 0 aliphatic carbocycles. The number of hydrogen-bond acceptors (Lipinski definition) is 0. The fourth-order valence-corrected chi connectivity index (χ4v) is 0.451. The zero-order valence-corrected chi connectivity index (χ0v) is 9.48. The number of terminal acetylenes is 1. The molecule has 0 nitrogen and oxygen atoms in total. The summed E-state index contributed by atoms with van der Waals surface area (Å²) in [7, 11) is 0. The van der Waals surface area contributed by atoms with Gasteiger partial charge in [-0.15, -0.1) is 12.3 Å². The van der Waals surface area contributed by atoms with Crippen molar-refractivity contribution in [1.29, 1.82) is 0 Å². The summed E-state index contributed by atoms with van der Waals surface area (Å²) in [5, 5.41) is 0. The van der Waals surface area contributed by atoms with Gasteiger partial charge in [0.2, 0.25) is 0 Å². The van der Waals surface area contributed by atoms with E-state index in [0.29, 0.717) is 0 Å². The molecule has 0 saturated carbocycles. The van der Waals surface area contributed by atoms with E-state index < -0.39 is 0 Å². The van der Waals surface area contributed by atoms with Crippen molar-refractivity contribution < 1.29 is 52.8 Å². The Balaban J connectivity index is -0.000000245. The second-order valence-corrected chi connectivity index (χ2v) is 1.62. The Morgan fingerprint density at radius 2 is 2.22 bits per heavy atom. The SMILES string of the molecule is C#CCC/C=C\CC.[H-].[K+]. The van der Waals surface area contributed by atoms with Crippen molar-refractivity contribution in [2.24, 2.45) is 0 Å². The third kappa shape index (κ3) is 12.2. The Morgan fingerprint density at radius 3 is 2.67 bits per heavy atom. The summed E-state index contributed by atoms with van der Waals surface area (Å²) in [6.45, 7) is 2.12. The van der Waals surface area contributed by atoms with Gasteiger partial charge in [-0.2, -0.15) is 0 Å². The Hall–Kier alpha value is 0.936. The van der Waals surface area contributed by atoms with Gasteiger partial charge in [-0.3, -0.25) is 0 Å². The molecule has 0 atom stereocenters. The fraction of sp³-hybridized carbons (Fsp3) is 0.500. The van der Waals surface area contributed by atoms with Crippen molar-refractivity contribution >= 4 is 0 Å². The van der Waals surface area contributed by atoms with E-state index >= 15 is 0 Å². The minimum absolute atomic E-state index is 0. The molecule has 0 radical (unpaired) electrons. The summed E-state index contributed by atoms with van der Waals surface area (Å²) < 4.78 is 0. The van der Waals surface area contributed by atoms with E-state index in [1.165, 1.54) is 0 Å². The maximum absolute atomic E-state index is 5.03. The monoisotopic (exact) mass is 148 g/mol. The van der Waals surface area contributed by atoms with Crippen molar-refractivity contribution in [3.63, 3.8) is 0 Å². The van der Waals surface area contributed by atoms with E-state index in [-0.39, 0.29) is 52.8 Å². The van der Waals surface area contributed by atoms with Crippen LogP contribution in [-0.2, 0) is 0 Å². The Morgan fingerprint density at radius 1 is 1.56 bits per heavy atom. The molecule has 0 rings (SSSR count). The van der Waals surface area contributed by atoms with Crippen LogP contribution in [-0.4, -0.2) is 0 Å². The molecule has 0 aromatic rings. The summed E-state index contributed by atoms with van der Waals surface area (Å²) in [6, 6.07) is 0. The van der Waals surface area contributed by atoms with Gasteiger partial charge < -0.3 is 1.43 Å². The van der Waals surface area contributed by atoms with Gasteiger partial charge in [0.05, 0.1) is 0 Å². The molecule has 0 amide bonds. The average Bonchev–Trinajstić information content (AvgIpc) is 1.81. The first-order valence-corrected chi connectivity index (χ1v) is 3.00. The zero-order chi connectivity index (χ0) is 6.24. The van der Waals surface area contributed by atoms with Gasteiger partial charge in [-0.25, -0.2) is 0 Å². The van der Waals surface area contributed by atoms with E-state index in [9.17, 15) is 0 Å². The second-order valence-electron chi connectivity index (χ2n) is 1.62. The summed E-state index contributed by atoms with van der Waals surface area (Å²) in [6.07, 6.45) is 12.3. The molecule has 0 spiro atoms. The quantitative estimate of drug-likeness (QED) is 0.219. The standard InChI is InChI=1S/C8H12.K.H/c1-3-5-7-8-6-4-2;;/h1,6,8H,4-5,7H2,2H3;;/q;+1;-1/b8-6-;;. The van der Waals surface area contributed by atoms with Crippen molar-refractivity contribution in [2.75, 3.05) is 0 Å². The van der Waals surface area contributed by atoms with Gasteiger partial charge in [-0.1, -0.05) is 19.1 Å². The average molecular weight is 148 g/mol. The van der Waals surface area contributed by atoms with Crippen LogP contribution in [0.5, 0.6) is 0 Å². The van der Waals surface area contributed by atoms with Crippen LogP contribution in [0.4, 0.5) is 0 Å². The Kier molecular flexibility index (Phi) is 16.4. The molecular formula is C8H13K. The van der Waals surface area contributed by atoms with Gasteiger partial charge in [0.25, 0.3) is 0 Å². The molecule has 0 bridgehead atoms. The van der Waals surface area contributed by atoms with Gasteiger partial charge in [-0.05, 0) is 12.8 Å². The Bertz CT molecular complexity index is 102. The van der Waals surface area contributed by atoms with Crippen molar-refractivity contribution in [3.8, 4) is 12.3 Å². The van der Waals surface area contributed by atoms with Gasteiger partial charge in [0.1, 0.15) is 0 Å². The summed E-state index contributed by atoms with van der Waals surface area (Å²) in [5.41, 5.74) is 0. The van der Waals surface area contributed by atoms with Crippen LogP contribution >= 0.6 is 0 Å². The maximum atomic E-state index is 5.03. The maximum Gasteiger partial charge on any atom is 1.00 e. The van der Waals surface area contributed by atoms with Crippen LogP contribution in [0.1, 0.15) is 27.6 Å². The van der Waals surface area contributed by atoms with Crippen molar-refractivity contribution in [3.05, 3.63) is 12.2 Å². The van der Waals surface area contributed by atoms with Gasteiger partial charge >= 0.3 is 51.4 Å². The van der Waals surface area contributed by atoms with Crippen LogP contribution in [0, 0.1) is 12.3 Å². The predicted octanol–water partition coefficient (Wildman–Crippen LogP) is -0.518. The number of hydrogen-bond donors (Lipinski definition) is 0. The number of rotatable bonds is 3. The molecule has 0 aliphatic heterocycles. The van der Waals surface area contributed by atoms with E-state index in [2.05, 4.69) is 25.0 Å². The third-order valence-corrected chi connectivity index (χ3v) is 0.858. The van der Waals surface area contributed by atoms with Crippen LogP contribution < -0.4 is 51.4 Å². The normalized spacial score (nSPS) is 8.44. The van der Waals surface area contributed by atoms with Crippen LogP contribution in [0.25, 0.3) is 0 Å². The molecule has 0 fully saturated rings. The van der Waals surface area contributed by atoms with Gasteiger partial charge in [0.15, 0.2) is 0 Å². The Labute approximate surface area is 102 Å². The molecule has 1 heteroatoms.